The fourth-order valence-corrected chi connectivity index (χ4v) is 5.63. The first-order valence-corrected chi connectivity index (χ1v) is 12.3. The summed E-state index contributed by atoms with van der Waals surface area (Å²) >= 11 is 0. The van der Waals surface area contributed by atoms with E-state index < -0.39 is 59.2 Å². The molecule has 29 heavy (non-hydrogen) atoms. The molecule has 166 valence electrons. The lowest BCUT2D eigenvalue weighted by Crippen LogP contribution is -2.36. The molecule has 1 heterocycles. The van der Waals surface area contributed by atoms with Crippen molar-refractivity contribution in [3.05, 3.63) is 17.5 Å². The maximum absolute atomic E-state index is 15.3. The summed E-state index contributed by atoms with van der Waals surface area (Å²) in [4.78, 5) is -0.120. The van der Waals surface area contributed by atoms with Crippen LogP contribution in [0.3, 0.4) is 0 Å². The minimum atomic E-state index is -5.12. The number of piperidine rings is 1. The van der Waals surface area contributed by atoms with E-state index in [1.54, 1.807) is 20.8 Å². The molecular weight excluding hydrogens is 433 g/mol. The van der Waals surface area contributed by atoms with E-state index in [2.05, 4.69) is 0 Å². The smallest absolute Gasteiger partial charge is 0.258 e. The summed E-state index contributed by atoms with van der Waals surface area (Å²) in [5.74, 6) is -6.14. The van der Waals surface area contributed by atoms with E-state index in [9.17, 15) is 25.6 Å². The Morgan fingerprint density at radius 2 is 1.52 bits per heavy atom. The number of benzene rings is 1. The molecule has 0 aromatic heterocycles. The Kier molecular flexibility index (Phi) is 6.80. The molecule has 0 radical (unpaired) electrons. The molecule has 1 saturated heterocycles. The number of hydrogen-bond donors (Lipinski definition) is 1. The van der Waals surface area contributed by atoms with Gasteiger partial charge in [0.25, 0.3) is 10.0 Å². The van der Waals surface area contributed by atoms with Crippen molar-refractivity contribution < 1.29 is 34.7 Å². The summed E-state index contributed by atoms with van der Waals surface area (Å²) in [6, 6.07) is 0. The molecule has 2 rings (SSSR count). The molecule has 7 nitrogen and oxygen atoms in total. The van der Waals surface area contributed by atoms with Crippen LogP contribution in [0, 0.1) is 22.9 Å². The third kappa shape index (κ3) is 5.76. The predicted molar refractivity (Wildman–Crippen MR) is 102 cm³/mol. The van der Waals surface area contributed by atoms with Crippen molar-refractivity contribution in [1.29, 1.82) is 0 Å². The van der Waals surface area contributed by atoms with Gasteiger partial charge in [0.05, 0.1) is 12.9 Å². The van der Waals surface area contributed by atoms with Crippen LogP contribution in [0.2, 0.25) is 0 Å². The normalized spacial score (nSPS) is 16.2. The lowest BCUT2D eigenvalue weighted by atomic mass is 9.99. The number of nitrogens with one attached hydrogen (secondary N) is 1. The standard InChI is InChI=1S/C17H25F3N2O5S2/c1-17(2,3)10-27-15-11(18)12(19)16(29(25,26)21-28(4,23)24)14(13(15)20)22-8-6-5-7-9-22/h21H,5-10H2,1-4H3. The molecule has 0 amide bonds. The molecule has 1 aromatic carbocycles. The van der Waals surface area contributed by atoms with Crippen LogP contribution in [-0.2, 0) is 20.0 Å². The average molecular weight is 459 g/mol. The number of rotatable bonds is 6. The van der Waals surface area contributed by atoms with Crippen molar-refractivity contribution in [2.45, 2.75) is 44.9 Å². The van der Waals surface area contributed by atoms with Gasteiger partial charge in [0.2, 0.25) is 15.8 Å². The number of halogens is 3. The molecule has 1 aromatic rings. The molecule has 0 atom stereocenters. The quantitative estimate of drug-likeness (QED) is 0.659. The third-order valence-electron chi connectivity index (χ3n) is 4.07. The summed E-state index contributed by atoms with van der Waals surface area (Å²) < 4.78 is 99.1. The van der Waals surface area contributed by atoms with E-state index in [-0.39, 0.29) is 19.7 Å². The predicted octanol–water partition coefficient (Wildman–Crippen LogP) is 2.76. The molecular formula is C17H25F3N2O5S2. The summed E-state index contributed by atoms with van der Waals surface area (Å²) in [5, 5.41) is 0. The topological polar surface area (TPSA) is 92.8 Å². The van der Waals surface area contributed by atoms with Crippen molar-refractivity contribution in [3.63, 3.8) is 0 Å². The van der Waals surface area contributed by atoms with E-state index in [4.69, 9.17) is 4.74 Å². The maximum Gasteiger partial charge on any atom is 0.258 e. The second-order valence-electron chi connectivity index (χ2n) is 8.20. The summed E-state index contributed by atoms with van der Waals surface area (Å²) in [6.07, 6.45) is 2.50. The SMILES string of the molecule is CC(C)(C)COc1c(F)c(F)c(S(=O)(=O)NS(C)(=O)=O)c(N2CCCCC2)c1F. The molecule has 0 unspecified atom stereocenters. The Hall–Kier alpha value is -1.53. The maximum atomic E-state index is 15.3. The zero-order valence-corrected chi connectivity index (χ0v) is 18.3. The van der Waals surface area contributed by atoms with Gasteiger partial charge in [-0.3, -0.25) is 0 Å². The van der Waals surface area contributed by atoms with Crippen LogP contribution in [0.15, 0.2) is 4.90 Å². The van der Waals surface area contributed by atoms with E-state index in [0.717, 1.165) is 6.42 Å². The Morgan fingerprint density at radius 3 is 2.00 bits per heavy atom. The van der Waals surface area contributed by atoms with E-state index in [1.807, 2.05) is 0 Å². The van der Waals surface area contributed by atoms with Gasteiger partial charge in [0.15, 0.2) is 17.4 Å². The fourth-order valence-electron chi connectivity index (χ4n) is 2.91. The first-order chi connectivity index (χ1) is 13.1. The lowest BCUT2D eigenvalue weighted by Gasteiger charge is -2.31. The van der Waals surface area contributed by atoms with Crippen molar-refractivity contribution in [3.8, 4) is 5.75 Å². The average Bonchev–Trinajstić information content (AvgIpc) is 2.55. The van der Waals surface area contributed by atoms with Gasteiger partial charge in [0, 0.05) is 13.1 Å². The minimum Gasteiger partial charge on any atom is -0.487 e. The van der Waals surface area contributed by atoms with Crippen LogP contribution < -0.4 is 13.8 Å². The molecule has 0 bridgehead atoms. The van der Waals surface area contributed by atoms with Crippen LogP contribution in [0.25, 0.3) is 0 Å². The fraction of sp³-hybridized carbons (Fsp3) is 0.647. The number of hydrogen-bond acceptors (Lipinski definition) is 6. The van der Waals surface area contributed by atoms with Gasteiger partial charge in [-0.15, -0.1) is 4.13 Å². The molecule has 0 spiro atoms. The molecule has 0 saturated carbocycles. The number of nitrogens with zero attached hydrogens (tertiary/aromatic N) is 1. The Morgan fingerprint density at radius 1 is 0.966 bits per heavy atom. The molecule has 0 aliphatic carbocycles. The number of anilines is 1. The molecule has 1 fully saturated rings. The van der Waals surface area contributed by atoms with Gasteiger partial charge in [-0.25, -0.2) is 25.6 Å². The highest BCUT2D eigenvalue weighted by Gasteiger charge is 2.37. The van der Waals surface area contributed by atoms with E-state index in [0.29, 0.717) is 19.1 Å². The Balaban J connectivity index is 2.75. The van der Waals surface area contributed by atoms with E-state index in [1.165, 1.54) is 9.03 Å². The van der Waals surface area contributed by atoms with Crippen LogP contribution in [-0.4, -0.2) is 42.8 Å². The molecule has 1 aliphatic rings. The molecule has 12 heteroatoms. The monoisotopic (exact) mass is 458 g/mol. The number of sulfonamides is 2. The van der Waals surface area contributed by atoms with Gasteiger partial charge in [-0.05, 0) is 24.7 Å². The van der Waals surface area contributed by atoms with Gasteiger partial charge < -0.3 is 9.64 Å². The highest BCUT2D eigenvalue weighted by Crippen LogP contribution is 2.40. The molecule has 1 N–H and O–H groups in total. The number of ether oxygens (including phenoxy) is 1. The van der Waals surface area contributed by atoms with Crippen molar-refractivity contribution in [2.24, 2.45) is 5.41 Å². The highest BCUT2D eigenvalue weighted by atomic mass is 32.3. The minimum absolute atomic E-state index is 0.159. The first kappa shape index (κ1) is 23.7. The summed E-state index contributed by atoms with van der Waals surface area (Å²) in [7, 11) is -9.48. The van der Waals surface area contributed by atoms with E-state index >= 15 is 4.39 Å². The highest BCUT2D eigenvalue weighted by molar-refractivity contribution is 8.04. The largest absolute Gasteiger partial charge is 0.487 e. The van der Waals surface area contributed by atoms with Gasteiger partial charge in [0.1, 0.15) is 10.6 Å². The van der Waals surface area contributed by atoms with Gasteiger partial charge in [-0.2, -0.15) is 4.39 Å². The second kappa shape index (κ2) is 8.31. The van der Waals surface area contributed by atoms with Crippen LogP contribution in [0.5, 0.6) is 5.75 Å². The zero-order valence-electron chi connectivity index (χ0n) is 16.7. The van der Waals surface area contributed by atoms with Crippen LogP contribution >= 0.6 is 0 Å². The summed E-state index contributed by atoms with van der Waals surface area (Å²) in [6.45, 7) is 5.44. The van der Waals surface area contributed by atoms with Crippen molar-refractivity contribution in [2.75, 3.05) is 30.9 Å². The van der Waals surface area contributed by atoms with Gasteiger partial charge in [-0.1, -0.05) is 20.8 Å². The Bertz CT molecular complexity index is 984. The Labute approximate surface area is 169 Å². The zero-order chi connectivity index (χ0) is 22.2. The lowest BCUT2D eigenvalue weighted by molar-refractivity contribution is 0.181. The van der Waals surface area contributed by atoms with Crippen molar-refractivity contribution >= 4 is 25.7 Å². The second-order valence-corrected chi connectivity index (χ2v) is 11.8. The first-order valence-electron chi connectivity index (χ1n) is 8.96. The van der Waals surface area contributed by atoms with Crippen molar-refractivity contribution in [1.82, 2.24) is 4.13 Å². The molecule has 1 aliphatic heterocycles. The third-order valence-corrected chi connectivity index (χ3v) is 7.06. The van der Waals surface area contributed by atoms with Crippen LogP contribution in [0.1, 0.15) is 40.0 Å². The van der Waals surface area contributed by atoms with Crippen LogP contribution in [0.4, 0.5) is 18.9 Å². The van der Waals surface area contributed by atoms with Gasteiger partial charge >= 0.3 is 0 Å². The summed E-state index contributed by atoms with van der Waals surface area (Å²) in [5.41, 5.74) is -1.24.